The normalized spacial score (nSPS) is 7.56. The SMILES string of the molecule is O.O=CNc1ccn[nH]1. The van der Waals surface area contributed by atoms with E-state index in [9.17, 15) is 4.79 Å². The third-order valence-electron chi connectivity index (χ3n) is 0.715. The molecule has 0 saturated carbocycles. The van der Waals surface area contributed by atoms with E-state index in [2.05, 4.69) is 15.5 Å². The van der Waals surface area contributed by atoms with Crippen LogP contribution in [0.3, 0.4) is 0 Å². The third kappa shape index (κ3) is 1.92. The van der Waals surface area contributed by atoms with Crippen LogP contribution in [0.15, 0.2) is 12.3 Å². The van der Waals surface area contributed by atoms with Crippen molar-refractivity contribution in [1.82, 2.24) is 10.2 Å². The monoisotopic (exact) mass is 129 g/mol. The molecule has 0 atom stereocenters. The number of H-pyrrole nitrogens is 1. The van der Waals surface area contributed by atoms with Crippen molar-refractivity contribution in [3.8, 4) is 0 Å². The number of anilines is 1. The van der Waals surface area contributed by atoms with Crippen LogP contribution in [0.4, 0.5) is 5.82 Å². The molecule has 0 aromatic carbocycles. The van der Waals surface area contributed by atoms with Gasteiger partial charge in [0.15, 0.2) is 0 Å². The van der Waals surface area contributed by atoms with Gasteiger partial charge in [-0.05, 0) is 0 Å². The number of nitrogens with zero attached hydrogens (tertiary/aromatic N) is 1. The second-order valence-corrected chi connectivity index (χ2v) is 1.23. The van der Waals surface area contributed by atoms with E-state index >= 15 is 0 Å². The maximum Gasteiger partial charge on any atom is 0.212 e. The number of rotatable bonds is 2. The van der Waals surface area contributed by atoms with Crippen LogP contribution in [0.2, 0.25) is 0 Å². The summed E-state index contributed by atoms with van der Waals surface area (Å²) in [5.74, 6) is 0.611. The minimum absolute atomic E-state index is 0. The van der Waals surface area contributed by atoms with Gasteiger partial charge in [-0.15, -0.1) is 0 Å². The van der Waals surface area contributed by atoms with E-state index in [1.807, 2.05) is 0 Å². The fraction of sp³-hybridized carbons (Fsp3) is 0. The maximum absolute atomic E-state index is 9.71. The largest absolute Gasteiger partial charge is 0.412 e. The molecule has 1 rings (SSSR count). The summed E-state index contributed by atoms with van der Waals surface area (Å²) < 4.78 is 0. The quantitative estimate of drug-likeness (QED) is 0.509. The van der Waals surface area contributed by atoms with Gasteiger partial charge in [0.05, 0.1) is 6.20 Å². The molecule has 9 heavy (non-hydrogen) atoms. The van der Waals surface area contributed by atoms with Crippen LogP contribution < -0.4 is 5.32 Å². The lowest BCUT2D eigenvalue weighted by Crippen LogP contribution is -1.92. The summed E-state index contributed by atoms with van der Waals surface area (Å²) in [7, 11) is 0. The van der Waals surface area contributed by atoms with Crippen molar-refractivity contribution < 1.29 is 10.3 Å². The number of nitrogens with one attached hydrogen (secondary N) is 2. The molecule has 0 unspecified atom stereocenters. The second-order valence-electron chi connectivity index (χ2n) is 1.23. The van der Waals surface area contributed by atoms with Gasteiger partial charge in [-0.25, -0.2) is 0 Å². The van der Waals surface area contributed by atoms with E-state index in [4.69, 9.17) is 0 Å². The van der Waals surface area contributed by atoms with Gasteiger partial charge in [-0.2, -0.15) is 5.10 Å². The summed E-state index contributed by atoms with van der Waals surface area (Å²) in [6.07, 6.45) is 2.15. The Balaban J connectivity index is 0.000000640. The molecule has 0 saturated heterocycles. The Bertz CT molecular complexity index is 160. The fourth-order valence-electron chi connectivity index (χ4n) is 0.400. The molecule has 0 aliphatic carbocycles. The molecule has 0 spiro atoms. The number of hydrogen-bond acceptors (Lipinski definition) is 2. The van der Waals surface area contributed by atoms with Crippen LogP contribution in [0.1, 0.15) is 0 Å². The van der Waals surface area contributed by atoms with Gasteiger partial charge in [0.2, 0.25) is 6.41 Å². The van der Waals surface area contributed by atoms with Crippen LogP contribution in [0, 0.1) is 0 Å². The Morgan fingerprint density at radius 1 is 1.78 bits per heavy atom. The van der Waals surface area contributed by atoms with Crippen molar-refractivity contribution in [2.24, 2.45) is 0 Å². The average Bonchev–Trinajstić information content (AvgIpc) is 2.19. The van der Waals surface area contributed by atoms with Crippen LogP contribution in [0.25, 0.3) is 0 Å². The molecule has 1 heterocycles. The van der Waals surface area contributed by atoms with Crippen molar-refractivity contribution in [2.75, 3.05) is 5.32 Å². The van der Waals surface area contributed by atoms with Gasteiger partial charge in [0, 0.05) is 6.07 Å². The van der Waals surface area contributed by atoms with Crippen LogP contribution in [-0.4, -0.2) is 22.1 Å². The van der Waals surface area contributed by atoms with Gasteiger partial charge < -0.3 is 10.8 Å². The van der Waals surface area contributed by atoms with Gasteiger partial charge >= 0.3 is 0 Å². The first kappa shape index (κ1) is 7.64. The Morgan fingerprint density at radius 3 is 3.00 bits per heavy atom. The highest BCUT2D eigenvalue weighted by atomic mass is 16.1. The summed E-state index contributed by atoms with van der Waals surface area (Å²) in [5, 5.41) is 8.53. The zero-order valence-corrected chi connectivity index (χ0v) is 4.59. The molecule has 1 amide bonds. The van der Waals surface area contributed by atoms with Crippen LogP contribution >= 0.6 is 0 Å². The summed E-state index contributed by atoms with van der Waals surface area (Å²) >= 11 is 0. The van der Waals surface area contributed by atoms with Crippen molar-refractivity contribution in [3.05, 3.63) is 12.3 Å². The number of aromatic amines is 1. The smallest absolute Gasteiger partial charge is 0.212 e. The number of carbonyl (C=O) groups excluding carboxylic acids is 1. The highest BCUT2D eigenvalue weighted by molar-refractivity contribution is 5.68. The number of hydrogen-bond donors (Lipinski definition) is 2. The zero-order chi connectivity index (χ0) is 5.82. The first-order valence-electron chi connectivity index (χ1n) is 2.13. The third-order valence-corrected chi connectivity index (χ3v) is 0.715. The molecule has 0 bridgehead atoms. The number of amides is 1. The molecule has 1 aromatic heterocycles. The van der Waals surface area contributed by atoms with Crippen LogP contribution in [0.5, 0.6) is 0 Å². The van der Waals surface area contributed by atoms with E-state index in [0.29, 0.717) is 12.2 Å². The Morgan fingerprint density at radius 2 is 2.56 bits per heavy atom. The lowest BCUT2D eigenvalue weighted by molar-refractivity contribution is -0.105. The van der Waals surface area contributed by atoms with E-state index in [1.165, 1.54) is 0 Å². The topological polar surface area (TPSA) is 89.3 Å². The average molecular weight is 129 g/mol. The molecule has 4 N–H and O–H groups in total. The lowest BCUT2D eigenvalue weighted by atomic mass is 10.6. The standard InChI is InChI=1S/C4H5N3O.H2O/c8-3-5-4-1-2-6-7-4;/h1-3H,(H2,5,6,7,8);1H2. The predicted octanol–water partition coefficient (Wildman–Crippen LogP) is -0.847. The minimum atomic E-state index is 0. The van der Waals surface area contributed by atoms with E-state index in [1.54, 1.807) is 12.3 Å². The molecule has 5 heteroatoms. The van der Waals surface area contributed by atoms with Gasteiger partial charge in [-0.1, -0.05) is 0 Å². The zero-order valence-electron chi connectivity index (χ0n) is 4.59. The highest BCUT2D eigenvalue weighted by Gasteiger charge is 1.84. The highest BCUT2D eigenvalue weighted by Crippen LogP contribution is 1.93. The molecule has 50 valence electrons. The van der Waals surface area contributed by atoms with Crippen molar-refractivity contribution in [2.45, 2.75) is 0 Å². The lowest BCUT2D eigenvalue weighted by Gasteiger charge is -1.85. The van der Waals surface area contributed by atoms with E-state index in [-0.39, 0.29) is 5.48 Å². The molecular formula is C4H7N3O2. The van der Waals surface area contributed by atoms with Crippen molar-refractivity contribution in [3.63, 3.8) is 0 Å². The molecular weight excluding hydrogens is 122 g/mol. The molecule has 5 nitrogen and oxygen atoms in total. The summed E-state index contributed by atoms with van der Waals surface area (Å²) in [4.78, 5) is 9.71. The first-order chi connectivity index (χ1) is 3.93. The van der Waals surface area contributed by atoms with Gasteiger partial charge in [0.25, 0.3) is 0 Å². The summed E-state index contributed by atoms with van der Waals surface area (Å²) in [6, 6.07) is 1.66. The van der Waals surface area contributed by atoms with E-state index < -0.39 is 0 Å². The van der Waals surface area contributed by atoms with Crippen molar-refractivity contribution >= 4 is 12.2 Å². The molecule has 1 aromatic rings. The number of aromatic nitrogens is 2. The second kappa shape index (κ2) is 3.62. The molecule has 0 fully saturated rings. The van der Waals surface area contributed by atoms with Gasteiger partial charge in [-0.3, -0.25) is 9.89 Å². The predicted molar refractivity (Wildman–Crippen MR) is 31.9 cm³/mol. The van der Waals surface area contributed by atoms with Crippen LogP contribution in [-0.2, 0) is 4.79 Å². The fourth-order valence-corrected chi connectivity index (χ4v) is 0.400. The first-order valence-corrected chi connectivity index (χ1v) is 2.13. The molecule has 0 aliphatic heterocycles. The Kier molecular flexibility index (Phi) is 3.07. The van der Waals surface area contributed by atoms with Gasteiger partial charge in [0.1, 0.15) is 5.82 Å². The minimum Gasteiger partial charge on any atom is -0.412 e. The van der Waals surface area contributed by atoms with E-state index in [0.717, 1.165) is 0 Å². The Labute approximate surface area is 51.4 Å². The summed E-state index contributed by atoms with van der Waals surface area (Å²) in [5.41, 5.74) is 0. The Hall–Kier alpha value is -1.36. The van der Waals surface area contributed by atoms with Crippen molar-refractivity contribution in [1.29, 1.82) is 0 Å². The molecule has 0 aliphatic rings. The molecule has 0 radical (unpaired) electrons. The summed E-state index contributed by atoms with van der Waals surface area (Å²) in [6.45, 7) is 0. The number of carbonyl (C=O) groups is 1. The maximum atomic E-state index is 9.71.